The van der Waals surface area contributed by atoms with E-state index in [1.807, 2.05) is 0 Å². The van der Waals surface area contributed by atoms with Gasteiger partial charge in [-0.1, -0.05) is 17.7 Å². The molecule has 0 spiro atoms. The van der Waals surface area contributed by atoms with Crippen LogP contribution in [0.3, 0.4) is 0 Å². The fourth-order valence-electron chi connectivity index (χ4n) is 2.85. The monoisotopic (exact) mass is 371 g/mol. The zero-order chi connectivity index (χ0) is 18.1. The van der Waals surface area contributed by atoms with Crippen LogP contribution in [0.4, 0.5) is 4.39 Å². The Morgan fingerprint density at radius 3 is 2.76 bits per heavy atom. The molecule has 0 atom stereocenters. The maximum atomic E-state index is 13.2. The largest absolute Gasteiger partial charge is 0.385 e. The molecule has 1 aliphatic heterocycles. The van der Waals surface area contributed by atoms with E-state index in [1.54, 1.807) is 26.3 Å². The van der Waals surface area contributed by atoms with Crippen molar-refractivity contribution in [1.29, 1.82) is 0 Å². The number of nitrogens with one attached hydrogen (secondary N) is 1. The molecule has 140 valence electrons. The molecular weight excluding hydrogens is 345 g/mol. The number of guanidine groups is 1. The predicted octanol–water partition coefficient (Wildman–Crippen LogP) is 3.07. The number of methoxy groups -OCH3 is 1. The average molecular weight is 372 g/mol. The number of ether oxygens (including phenoxy) is 2. The maximum Gasteiger partial charge on any atom is 0.193 e. The molecule has 0 aromatic heterocycles. The van der Waals surface area contributed by atoms with Gasteiger partial charge in [-0.2, -0.15) is 0 Å². The molecule has 0 amide bonds. The first-order valence-electron chi connectivity index (χ1n) is 8.64. The lowest BCUT2D eigenvalue weighted by atomic mass is 10.1. The van der Waals surface area contributed by atoms with Gasteiger partial charge in [0.1, 0.15) is 5.82 Å². The van der Waals surface area contributed by atoms with Gasteiger partial charge in [-0.3, -0.25) is 4.99 Å². The van der Waals surface area contributed by atoms with Crippen molar-refractivity contribution in [3.8, 4) is 0 Å². The van der Waals surface area contributed by atoms with Gasteiger partial charge in [0.25, 0.3) is 0 Å². The van der Waals surface area contributed by atoms with Crippen LogP contribution in [0.1, 0.15) is 24.8 Å². The summed E-state index contributed by atoms with van der Waals surface area (Å²) in [5.74, 6) is 0.445. The van der Waals surface area contributed by atoms with Crippen molar-refractivity contribution >= 4 is 17.6 Å². The van der Waals surface area contributed by atoms with E-state index in [1.165, 1.54) is 6.07 Å². The van der Waals surface area contributed by atoms with Crippen LogP contribution in [0.25, 0.3) is 0 Å². The van der Waals surface area contributed by atoms with E-state index in [2.05, 4.69) is 15.2 Å². The van der Waals surface area contributed by atoms with E-state index in [9.17, 15) is 4.39 Å². The van der Waals surface area contributed by atoms with Crippen molar-refractivity contribution in [3.63, 3.8) is 0 Å². The first kappa shape index (κ1) is 19.9. The van der Waals surface area contributed by atoms with Crippen molar-refractivity contribution in [3.05, 3.63) is 34.6 Å². The highest BCUT2D eigenvalue weighted by molar-refractivity contribution is 6.30. The Bertz CT molecular complexity index is 563. The van der Waals surface area contributed by atoms with Crippen LogP contribution in [0, 0.1) is 5.82 Å². The summed E-state index contributed by atoms with van der Waals surface area (Å²) in [5.41, 5.74) is 0.920. The Hall–Kier alpha value is -1.37. The minimum absolute atomic E-state index is 0.140. The number of halogens is 2. The summed E-state index contributed by atoms with van der Waals surface area (Å²) in [7, 11) is 3.48. The minimum atomic E-state index is -0.401. The van der Waals surface area contributed by atoms with Crippen LogP contribution in [-0.4, -0.2) is 57.4 Å². The number of hydrogen-bond acceptors (Lipinski definition) is 3. The second kappa shape index (κ2) is 10.6. The highest BCUT2D eigenvalue weighted by Crippen LogP contribution is 2.17. The molecule has 0 bridgehead atoms. The second-order valence-corrected chi connectivity index (χ2v) is 6.46. The van der Waals surface area contributed by atoms with Gasteiger partial charge in [0.05, 0.1) is 11.1 Å². The van der Waals surface area contributed by atoms with Crippen molar-refractivity contribution in [2.24, 2.45) is 4.99 Å². The van der Waals surface area contributed by atoms with Gasteiger partial charge in [0.2, 0.25) is 0 Å². The summed E-state index contributed by atoms with van der Waals surface area (Å²) in [5, 5.41) is 3.45. The molecule has 1 fully saturated rings. The normalized spacial score (nSPS) is 16.3. The first-order valence-corrected chi connectivity index (χ1v) is 9.02. The van der Waals surface area contributed by atoms with E-state index >= 15 is 0 Å². The van der Waals surface area contributed by atoms with E-state index in [0.29, 0.717) is 12.6 Å². The third-order valence-corrected chi connectivity index (χ3v) is 4.52. The van der Waals surface area contributed by atoms with Gasteiger partial charge in [-0.05, 0) is 37.0 Å². The molecule has 1 aromatic rings. The van der Waals surface area contributed by atoms with Crippen LogP contribution in [0.2, 0.25) is 5.02 Å². The van der Waals surface area contributed by atoms with Crippen LogP contribution in [-0.2, 0) is 16.0 Å². The summed E-state index contributed by atoms with van der Waals surface area (Å²) < 4.78 is 24.1. The van der Waals surface area contributed by atoms with Crippen LogP contribution < -0.4 is 5.32 Å². The fraction of sp³-hybridized carbons (Fsp3) is 0.611. The number of aliphatic imine (C=N–C) groups is 1. The van der Waals surface area contributed by atoms with Crippen LogP contribution in [0.15, 0.2) is 23.2 Å². The zero-order valence-corrected chi connectivity index (χ0v) is 15.7. The molecule has 1 saturated heterocycles. The van der Waals surface area contributed by atoms with E-state index in [-0.39, 0.29) is 5.02 Å². The molecule has 0 radical (unpaired) electrons. The quantitative estimate of drug-likeness (QED) is 0.454. The predicted molar refractivity (Wildman–Crippen MR) is 98.6 cm³/mol. The van der Waals surface area contributed by atoms with Crippen molar-refractivity contribution in [1.82, 2.24) is 10.2 Å². The van der Waals surface area contributed by atoms with Crippen molar-refractivity contribution < 1.29 is 13.9 Å². The number of nitrogens with zero attached hydrogens (tertiary/aromatic N) is 2. The third kappa shape index (κ3) is 6.45. The zero-order valence-electron chi connectivity index (χ0n) is 14.9. The Labute approximate surface area is 154 Å². The van der Waals surface area contributed by atoms with Gasteiger partial charge in [-0.25, -0.2) is 4.39 Å². The number of rotatable bonds is 7. The van der Waals surface area contributed by atoms with Gasteiger partial charge in [0.15, 0.2) is 5.96 Å². The lowest BCUT2D eigenvalue weighted by molar-refractivity contribution is 0.00989. The van der Waals surface area contributed by atoms with Crippen LogP contribution in [0.5, 0.6) is 0 Å². The molecule has 1 aromatic carbocycles. The van der Waals surface area contributed by atoms with Gasteiger partial charge >= 0.3 is 0 Å². The molecular formula is C18H27ClFN3O2. The van der Waals surface area contributed by atoms with Gasteiger partial charge in [-0.15, -0.1) is 0 Å². The van der Waals surface area contributed by atoms with Crippen LogP contribution >= 0.6 is 11.6 Å². The highest BCUT2D eigenvalue weighted by Gasteiger charge is 2.21. The van der Waals surface area contributed by atoms with Gasteiger partial charge < -0.3 is 19.7 Å². The van der Waals surface area contributed by atoms with E-state index in [0.717, 1.165) is 57.1 Å². The standard InChI is InChI=1S/C18H27ClFN3O2/c1-21-18(22-13-14-4-5-17(20)16(19)12-14)23-8-6-15(7-9-23)25-11-3-10-24-2/h4-5,12,15H,3,6-11,13H2,1-2H3,(H,21,22). The Kier molecular flexibility index (Phi) is 8.44. The molecule has 1 N–H and O–H groups in total. The number of likely N-dealkylation sites (tertiary alicyclic amines) is 1. The summed E-state index contributed by atoms with van der Waals surface area (Å²) in [6, 6.07) is 4.74. The SMILES string of the molecule is CN=C(NCc1ccc(F)c(Cl)c1)N1CCC(OCCCOC)CC1. The lowest BCUT2D eigenvalue weighted by Crippen LogP contribution is -2.46. The Morgan fingerprint density at radius 1 is 1.36 bits per heavy atom. The molecule has 2 rings (SSSR count). The summed E-state index contributed by atoms with van der Waals surface area (Å²) in [6.45, 7) is 3.84. The molecule has 7 heteroatoms. The smallest absolute Gasteiger partial charge is 0.193 e. The molecule has 5 nitrogen and oxygen atoms in total. The van der Waals surface area contributed by atoms with Crippen molar-refractivity contribution in [2.45, 2.75) is 31.9 Å². The molecule has 0 saturated carbocycles. The average Bonchev–Trinajstić information content (AvgIpc) is 2.63. The van der Waals surface area contributed by atoms with E-state index < -0.39 is 5.82 Å². The molecule has 25 heavy (non-hydrogen) atoms. The molecule has 1 aliphatic rings. The second-order valence-electron chi connectivity index (χ2n) is 6.05. The Balaban J connectivity index is 1.75. The highest BCUT2D eigenvalue weighted by atomic mass is 35.5. The molecule has 0 unspecified atom stereocenters. The lowest BCUT2D eigenvalue weighted by Gasteiger charge is -2.34. The summed E-state index contributed by atoms with van der Waals surface area (Å²) in [4.78, 5) is 6.57. The first-order chi connectivity index (χ1) is 12.1. The number of piperidine rings is 1. The molecule has 0 aliphatic carbocycles. The number of hydrogen-bond donors (Lipinski definition) is 1. The topological polar surface area (TPSA) is 46.1 Å². The number of benzene rings is 1. The Morgan fingerprint density at radius 2 is 2.12 bits per heavy atom. The summed E-state index contributed by atoms with van der Waals surface area (Å²) in [6.07, 6.45) is 3.20. The van der Waals surface area contributed by atoms with Crippen molar-refractivity contribution in [2.75, 3.05) is 40.5 Å². The van der Waals surface area contributed by atoms with E-state index in [4.69, 9.17) is 21.1 Å². The fourth-order valence-corrected chi connectivity index (χ4v) is 3.05. The maximum absolute atomic E-state index is 13.2. The molecule has 1 heterocycles. The third-order valence-electron chi connectivity index (χ3n) is 4.23. The van der Waals surface area contributed by atoms with Gasteiger partial charge in [0, 0.05) is 47.0 Å². The summed E-state index contributed by atoms with van der Waals surface area (Å²) >= 11 is 5.82. The minimum Gasteiger partial charge on any atom is -0.385 e.